The van der Waals surface area contributed by atoms with Gasteiger partial charge >= 0.3 is 5.97 Å². The topological polar surface area (TPSA) is 53.4 Å². The second kappa shape index (κ2) is 6.68. The first-order chi connectivity index (χ1) is 9.59. The molecule has 20 heavy (non-hydrogen) atoms. The van der Waals surface area contributed by atoms with Gasteiger partial charge in [0.25, 0.3) is 0 Å². The quantitative estimate of drug-likeness (QED) is 0.876. The van der Waals surface area contributed by atoms with Crippen molar-refractivity contribution >= 4 is 17.3 Å². The molecule has 1 unspecified atom stereocenters. The Morgan fingerprint density at radius 2 is 2.35 bits per heavy atom. The van der Waals surface area contributed by atoms with Crippen LogP contribution in [0, 0.1) is 5.41 Å². The van der Waals surface area contributed by atoms with E-state index in [9.17, 15) is 9.90 Å². The van der Waals surface area contributed by atoms with Crippen LogP contribution >= 0.6 is 11.3 Å². The monoisotopic (exact) mass is 296 g/mol. The van der Waals surface area contributed by atoms with Crippen molar-refractivity contribution in [3.63, 3.8) is 0 Å². The number of aliphatic carboxylic acids is 1. The van der Waals surface area contributed by atoms with E-state index in [4.69, 9.17) is 0 Å². The number of nitrogens with zero attached hydrogens (tertiary/aromatic N) is 2. The summed E-state index contributed by atoms with van der Waals surface area (Å²) in [5.41, 5.74) is 0.543. The first kappa shape index (κ1) is 15.4. The van der Waals surface area contributed by atoms with E-state index in [0.717, 1.165) is 55.9 Å². The van der Waals surface area contributed by atoms with Crippen molar-refractivity contribution in [1.29, 1.82) is 0 Å². The van der Waals surface area contributed by atoms with Crippen LogP contribution in [0.4, 0.5) is 0 Å². The molecule has 2 heterocycles. The summed E-state index contributed by atoms with van der Waals surface area (Å²) in [5, 5.41) is 12.9. The molecule has 1 aliphatic heterocycles. The molecule has 0 aliphatic carbocycles. The highest BCUT2D eigenvalue weighted by molar-refractivity contribution is 7.09. The molecule has 1 fully saturated rings. The van der Waals surface area contributed by atoms with Crippen molar-refractivity contribution in [1.82, 2.24) is 9.88 Å². The third-order valence-corrected chi connectivity index (χ3v) is 5.17. The number of hydrogen-bond donors (Lipinski definition) is 1. The van der Waals surface area contributed by atoms with Gasteiger partial charge in [0.15, 0.2) is 0 Å². The third kappa shape index (κ3) is 3.38. The molecular weight excluding hydrogens is 272 g/mol. The van der Waals surface area contributed by atoms with E-state index >= 15 is 0 Å². The number of piperidine rings is 1. The summed E-state index contributed by atoms with van der Waals surface area (Å²) >= 11 is 1.70. The summed E-state index contributed by atoms with van der Waals surface area (Å²) in [6.45, 7) is 6.61. The third-order valence-electron chi connectivity index (χ3n) is 4.13. The number of carboxylic acids is 1. The molecule has 1 saturated heterocycles. The molecular formula is C15H24N2O2S. The number of carbonyl (C=O) groups is 1. The maximum absolute atomic E-state index is 11.7. The van der Waals surface area contributed by atoms with Crippen LogP contribution in [0.3, 0.4) is 0 Å². The molecule has 0 bridgehead atoms. The van der Waals surface area contributed by atoms with E-state index in [0.29, 0.717) is 6.54 Å². The second-order valence-electron chi connectivity index (χ2n) is 5.74. The van der Waals surface area contributed by atoms with E-state index in [-0.39, 0.29) is 0 Å². The number of aromatic nitrogens is 1. The molecule has 0 radical (unpaired) electrons. The van der Waals surface area contributed by atoms with Gasteiger partial charge in [0.1, 0.15) is 0 Å². The molecule has 0 spiro atoms. The van der Waals surface area contributed by atoms with Crippen LogP contribution in [0.25, 0.3) is 0 Å². The van der Waals surface area contributed by atoms with Gasteiger partial charge in [0.05, 0.1) is 16.1 Å². The van der Waals surface area contributed by atoms with Crippen molar-refractivity contribution < 1.29 is 9.90 Å². The average molecular weight is 296 g/mol. The predicted octanol–water partition coefficient (Wildman–Crippen LogP) is 3.17. The van der Waals surface area contributed by atoms with Crippen LogP contribution in [0.1, 0.15) is 50.2 Å². The molecule has 112 valence electrons. The fourth-order valence-corrected chi connectivity index (χ4v) is 3.88. The number of likely N-dealkylation sites (tertiary alicyclic amines) is 1. The summed E-state index contributed by atoms with van der Waals surface area (Å²) in [6, 6.07) is 0. The SMILES string of the molecule is CCCC1(C(=O)O)CCCN(Cc2csc(CC)n2)C1. The molecule has 1 N–H and O–H groups in total. The van der Waals surface area contributed by atoms with Crippen LogP contribution in [0.5, 0.6) is 0 Å². The first-order valence-corrected chi connectivity index (χ1v) is 8.36. The van der Waals surface area contributed by atoms with Crippen LogP contribution in [0.15, 0.2) is 5.38 Å². The zero-order valence-corrected chi connectivity index (χ0v) is 13.2. The van der Waals surface area contributed by atoms with Gasteiger partial charge in [-0.25, -0.2) is 4.98 Å². The maximum atomic E-state index is 11.7. The Balaban J connectivity index is 2.03. The van der Waals surface area contributed by atoms with Crippen LogP contribution in [-0.2, 0) is 17.8 Å². The molecule has 5 heteroatoms. The minimum atomic E-state index is -0.628. The van der Waals surface area contributed by atoms with E-state index in [1.54, 1.807) is 11.3 Å². The lowest BCUT2D eigenvalue weighted by atomic mass is 9.76. The second-order valence-corrected chi connectivity index (χ2v) is 6.68. The Morgan fingerprint density at radius 1 is 1.55 bits per heavy atom. The lowest BCUT2D eigenvalue weighted by Crippen LogP contribution is -2.47. The van der Waals surface area contributed by atoms with Crippen LogP contribution in [-0.4, -0.2) is 34.0 Å². The zero-order chi connectivity index (χ0) is 14.6. The van der Waals surface area contributed by atoms with E-state index in [1.807, 2.05) is 0 Å². The van der Waals surface area contributed by atoms with E-state index < -0.39 is 11.4 Å². The summed E-state index contributed by atoms with van der Waals surface area (Å²) < 4.78 is 0. The molecule has 1 aromatic heterocycles. The van der Waals surface area contributed by atoms with E-state index in [1.165, 1.54) is 0 Å². The Bertz CT molecular complexity index is 456. The van der Waals surface area contributed by atoms with Crippen LogP contribution < -0.4 is 0 Å². The molecule has 2 rings (SSSR count). The molecule has 4 nitrogen and oxygen atoms in total. The maximum Gasteiger partial charge on any atom is 0.310 e. The van der Waals surface area contributed by atoms with Gasteiger partial charge in [-0.2, -0.15) is 0 Å². The number of carboxylic acid groups (broad SMARTS) is 1. The summed E-state index contributed by atoms with van der Waals surface area (Å²) in [6.07, 6.45) is 4.45. The van der Waals surface area contributed by atoms with Gasteiger partial charge in [-0.1, -0.05) is 20.3 Å². The molecule has 0 saturated carbocycles. The minimum absolute atomic E-state index is 0.545. The normalized spacial score (nSPS) is 23.9. The Hall–Kier alpha value is -0.940. The van der Waals surface area contributed by atoms with E-state index in [2.05, 4.69) is 29.1 Å². The number of thiazole rings is 1. The van der Waals surface area contributed by atoms with Crippen molar-refractivity contribution in [2.75, 3.05) is 13.1 Å². The number of hydrogen-bond acceptors (Lipinski definition) is 4. The van der Waals surface area contributed by atoms with Gasteiger partial charge < -0.3 is 5.11 Å². The first-order valence-electron chi connectivity index (χ1n) is 7.48. The molecule has 0 amide bonds. The fourth-order valence-electron chi connectivity index (χ4n) is 3.14. The fraction of sp³-hybridized carbons (Fsp3) is 0.733. The number of rotatable bonds is 6. The van der Waals surface area contributed by atoms with Gasteiger partial charge in [0.2, 0.25) is 0 Å². The zero-order valence-electron chi connectivity index (χ0n) is 12.4. The highest BCUT2D eigenvalue weighted by Gasteiger charge is 2.41. The van der Waals surface area contributed by atoms with Crippen molar-refractivity contribution in [2.45, 2.75) is 52.5 Å². The summed E-state index contributed by atoms with van der Waals surface area (Å²) in [7, 11) is 0. The summed E-state index contributed by atoms with van der Waals surface area (Å²) in [5.74, 6) is -0.628. The van der Waals surface area contributed by atoms with Gasteiger partial charge in [-0.3, -0.25) is 9.69 Å². The molecule has 1 aliphatic rings. The predicted molar refractivity (Wildman–Crippen MR) is 81.0 cm³/mol. The molecule has 1 aromatic rings. The standard InChI is InChI=1S/C15H24N2O2S/c1-3-6-15(14(18)19)7-5-8-17(11-15)9-12-10-20-13(4-2)16-12/h10H,3-9,11H2,1-2H3,(H,18,19). The largest absolute Gasteiger partial charge is 0.481 e. The lowest BCUT2D eigenvalue weighted by Gasteiger charge is -2.39. The van der Waals surface area contributed by atoms with Crippen LogP contribution in [0.2, 0.25) is 0 Å². The van der Waals surface area contributed by atoms with Crippen molar-refractivity contribution in [3.8, 4) is 0 Å². The highest BCUT2D eigenvalue weighted by atomic mass is 32.1. The lowest BCUT2D eigenvalue weighted by molar-refractivity contribution is -0.153. The van der Waals surface area contributed by atoms with Gasteiger partial charge in [0, 0.05) is 18.5 Å². The average Bonchev–Trinajstić information content (AvgIpc) is 2.87. The summed E-state index contributed by atoms with van der Waals surface area (Å²) in [4.78, 5) is 18.5. The number of aryl methyl sites for hydroxylation is 1. The smallest absolute Gasteiger partial charge is 0.310 e. The molecule has 1 atom stereocenters. The van der Waals surface area contributed by atoms with Crippen molar-refractivity contribution in [3.05, 3.63) is 16.1 Å². The Morgan fingerprint density at radius 3 is 2.95 bits per heavy atom. The Kier molecular flexibility index (Phi) is 5.16. The van der Waals surface area contributed by atoms with Crippen molar-refractivity contribution in [2.24, 2.45) is 5.41 Å². The van der Waals surface area contributed by atoms with Gasteiger partial charge in [-0.05, 0) is 32.2 Å². The minimum Gasteiger partial charge on any atom is -0.481 e. The Labute approximate surface area is 124 Å². The van der Waals surface area contributed by atoms with Gasteiger partial charge in [-0.15, -0.1) is 11.3 Å². The molecule has 0 aromatic carbocycles. The highest BCUT2D eigenvalue weighted by Crippen LogP contribution is 2.35.